The summed E-state index contributed by atoms with van der Waals surface area (Å²) in [5, 5.41) is 22.0. The van der Waals surface area contributed by atoms with E-state index >= 15 is 0 Å². The molecule has 1 heterocycles. The number of amides is 1. The molecule has 114 valence electrons. The van der Waals surface area contributed by atoms with Gasteiger partial charge in [-0.2, -0.15) is 0 Å². The summed E-state index contributed by atoms with van der Waals surface area (Å²) in [5.74, 6) is -1.06. The fourth-order valence-electron chi connectivity index (χ4n) is 2.43. The van der Waals surface area contributed by atoms with Crippen LogP contribution in [0.25, 0.3) is 0 Å². The van der Waals surface area contributed by atoms with Crippen molar-refractivity contribution in [3.8, 4) is 11.5 Å². The van der Waals surface area contributed by atoms with Crippen molar-refractivity contribution in [3.63, 3.8) is 0 Å². The van der Waals surface area contributed by atoms with E-state index in [9.17, 15) is 15.0 Å². The molecule has 0 aromatic heterocycles. The van der Waals surface area contributed by atoms with Gasteiger partial charge in [-0.1, -0.05) is 18.3 Å². The molecule has 6 nitrogen and oxygen atoms in total. The topological polar surface area (TPSA) is 98.8 Å². The van der Waals surface area contributed by atoms with E-state index in [1.54, 1.807) is 0 Å². The van der Waals surface area contributed by atoms with Crippen LogP contribution in [0.2, 0.25) is 0 Å². The number of thiocarbonyl (C=S) groups is 1. The number of likely N-dealkylation sites (tertiary alicyclic amines) is 1. The number of phenolic OH excluding ortho intramolecular Hbond substituents is 2. The summed E-state index contributed by atoms with van der Waals surface area (Å²) in [6, 6.07) is 4.38. The van der Waals surface area contributed by atoms with Crippen LogP contribution in [0.5, 0.6) is 11.5 Å². The number of hydrogen-bond donors (Lipinski definition) is 4. The minimum Gasteiger partial charge on any atom is -0.504 e. The monoisotopic (exact) mass is 309 g/mol. The van der Waals surface area contributed by atoms with Gasteiger partial charge in [0.2, 0.25) is 0 Å². The van der Waals surface area contributed by atoms with Crippen LogP contribution in [0, 0.1) is 0 Å². The van der Waals surface area contributed by atoms with Gasteiger partial charge in [-0.15, -0.1) is 0 Å². The van der Waals surface area contributed by atoms with Gasteiger partial charge in [-0.05, 0) is 25.0 Å². The van der Waals surface area contributed by atoms with Crippen LogP contribution < -0.4 is 11.1 Å². The number of nitrogens with one attached hydrogen (secondary N) is 1. The lowest BCUT2D eigenvalue weighted by Crippen LogP contribution is -2.46. The third-order valence-corrected chi connectivity index (χ3v) is 3.69. The molecule has 0 radical (unpaired) electrons. The van der Waals surface area contributed by atoms with Crippen molar-refractivity contribution < 1.29 is 15.0 Å². The summed E-state index contributed by atoms with van der Waals surface area (Å²) >= 11 is 4.88. The zero-order chi connectivity index (χ0) is 15.4. The van der Waals surface area contributed by atoms with Crippen LogP contribution in [0.15, 0.2) is 18.2 Å². The molecule has 21 heavy (non-hydrogen) atoms. The molecule has 0 spiro atoms. The lowest BCUT2D eigenvalue weighted by Gasteiger charge is -2.32. The summed E-state index contributed by atoms with van der Waals surface area (Å²) in [6.07, 6.45) is 1.60. The Kier molecular flexibility index (Phi) is 4.98. The summed E-state index contributed by atoms with van der Waals surface area (Å²) in [4.78, 5) is 14.7. The molecule has 1 aliphatic heterocycles. The first-order valence-corrected chi connectivity index (χ1v) is 7.20. The zero-order valence-corrected chi connectivity index (χ0v) is 12.4. The van der Waals surface area contributed by atoms with E-state index < -0.39 is 0 Å². The molecule has 1 aromatic rings. The molecule has 0 unspecified atom stereocenters. The van der Waals surface area contributed by atoms with Crippen molar-refractivity contribution in [1.82, 2.24) is 10.2 Å². The smallest absolute Gasteiger partial charge is 0.255 e. The summed E-state index contributed by atoms with van der Waals surface area (Å²) in [5.41, 5.74) is 5.60. The van der Waals surface area contributed by atoms with Gasteiger partial charge in [-0.25, -0.2) is 0 Å². The van der Waals surface area contributed by atoms with E-state index in [-0.39, 0.29) is 29.0 Å². The van der Waals surface area contributed by atoms with Crippen molar-refractivity contribution in [2.45, 2.75) is 18.9 Å². The number of para-hydroxylation sites is 1. The van der Waals surface area contributed by atoms with Crippen LogP contribution in [0.1, 0.15) is 23.2 Å². The van der Waals surface area contributed by atoms with Crippen molar-refractivity contribution >= 4 is 23.1 Å². The molecule has 1 aliphatic rings. The molecule has 1 amide bonds. The van der Waals surface area contributed by atoms with E-state index in [2.05, 4.69) is 10.2 Å². The molecular weight excluding hydrogens is 290 g/mol. The molecule has 5 N–H and O–H groups in total. The third-order valence-electron chi connectivity index (χ3n) is 3.56. The molecule has 1 aromatic carbocycles. The zero-order valence-electron chi connectivity index (χ0n) is 11.6. The van der Waals surface area contributed by atoms with Crippen LogP contribution in [0.4, 0.5) is 0 Å². The van der Waals surface area contributed by atoms with Gasteiger partial charge < -0.3 is 21.3 Å². The predicted molar refractivity (Wildman–Crippen MR) is 83.5 cm³/mol. The highest BCUT2D eigenvalue weighted by Gasteiger charge is 2.22. The quantitative estimate of drug-likeness (QED) is 0.480. The van der Waals surface area contributed by atoms with E-state index in [4.69, 9.17) is 18.0 Å². The van der Waals surface area contributed by atoms with Gasteiger partial charge >= 0.3 is 0 Å². The Hall–Kier alpha value is -1.86. The Morgan fingerprint density at radius 3 is 2.67 bits per heavy atom. The van der Waals surface area contributed by atoms with Gasteiger partial charge in [-0.3, -0.25) is 9.69 Å². The molecule has 0 atom stereocenters. The van der Waals surface area contributed by atoms with Gasteiger partial charge in [0.1, 0.15) is 0 Å². The number of benzene rings is 1. The number of nitrogens with zero attached hydrogens (tertiary/aromatic N) is 1. The van der Waals surface area contributed by atoms with Gasteiger partial charge in [0, 0.05) is 25.7 Å². The van der Waals surface area contributed by atoms with E-state index in [1.807, 2.05) is 0 Å². The standard InChI is InChI=1S/C14H19N3O3S/c15-12(21)8-17-6-4-9(5-7-17)16-14(20)10-2-1-3-11(18)13(10)19/h1-3,9,18-19H,4-8H2,(H2,15,21)(H,16,20). The summed E-state index contributed by atoms with van der Waals surface area (Å²) < 4.78 is 0. The molecule has 2 rings (SSSR count). The Labute approximate surface area is 128 Å². The maximum Gasteiger partial charge on any atom is 0.255 e. The molecular formula is C14H19N3O3S. The van der Waals surface area contributed by atoms with E-state index in [0.717, 1.165) is 25.9 Å². The van der Waals surface area contributed by atoms with Crippen molar-refractivity contribution in [1.29, 1.82) is 0 Å². The van der Waals surface area contributed by atoms with E-state index in [0.29, 0.717) is 11.5 Å². The van der Waals surface area contributed by atoms with Crippen molar-refractivity contribution in [2.24, 2.45) is 5.73 Å². The number of nitrogens with two attached hydrogens (primary N) is 1. The lowest BCUT2D eigenvalue weighted by molar-refractivity contribution is 0.0911. The highest BCUT2D eigenvalue weighted by atomic mass is 32.1. The maximum atomic E-state index is 12.1. The number of aromatic hydroxyl groups is 2. The first-order valence-electron chi connectivity index (χ1n) is 6.80. The average Bonchev–Trinajstić information content (AvgIpc) is 2.43. The second kappa shape index (κ2) is 6.73. The number of carbonyl (C=O) groups is 1. The number of hydrogen-bond acceptors (Lipinski definition) is 5. The minimum absolute atomic E-state index is 0.0434. The lowest BCUT2D eigenvalue weighted by atomic mass is 10.0. The first kappa shape index (κ1) is 15.5. The fraction of sp³-hybridized carbons (Fsp3) is 0.429. The number of rotatable bonds is 4. The number of piperidine rings is 1. The van der Waals surface area contributed by atoms with Gasteiger partial charge in [0.15, 0.2) is 11.5 Å². The van der Waals surface area contributed by atoms with Crippen LogP contribution in [-0.2, 0) is 0 Å². The Morgan fingerprint density at radius 1 is 1.38 bits per heavy atom. The SMILES string of the molecule is NC(=S)CN1CCC(NC(=O)c2cccc(O)c2O)CC1. The fourth-order valence-corrected chi connectivity index (χ4v) is 2.62. The second-order valence-electron chi connectivity index (χ2n) is 5.16. The Bertz CT molecular complexity index is 542. The van der Waals surface area contributed by atoms with Crippen LogP contribution in [0.3, 0.4) is 0 Å². The molecule has 1 fully saturated rings. The Balaban J connectivity index is 1.90. The molecule has 0 saturated carbocycles. The first-order chi connectivity index (χ1) is 9.97. The van der Waals surface area contributed by atoms with Gasteiger partial charge in [0.25, 0.3) is 5.91 Å². The predicted octanol–water partition coefficient (Wildman–Crippen LogP) is 0.578. The average molecular weight is 309 g/mol. The van der Waals surface area contributed by atoms with E-state index in [1.165, 1.54) is 18.2 Å². The summed E-state index contributed by atoms with van der Waals surface area (Å²) in [6.45, 7) is 2.23. The maximum absolute atomic E-state index is 12.1. The number of phenols is 2. The molecule has 7 heteroatoms. The van der Waals surface area contributed by atoms with Crippen molar-refractivity contribution in [3.05, 3.63) is 23.8 Å². The Morgan fingerprint density at radius 2 is 2.05 bits per heavy atom. The van der Waals surface area contributed by atoms with Gasteiger partial charge in [0.05, 0.1) is 10.6 Å². The van der Waals surface area contributed by atoms with Crippen molar-refractivity contribution in [2.75, 3.05) is 19.6 Å². The summed E-state index contributed by atoms with van der Waals surface area (Å²) in [7, 11) is 0. The van der Waals surface area contributed by atoms with Crippen LogP contribution in [-0.4, -0.2) is 51.7 Å². The minimum atomic E-state index is -0.388. The second-order valence-corrected chi connectivity index (χ2v) is 5.69. The normalized spacial score (nSPS) is 16.6. The highest BCUT2D eigenvalue weighted by Crippen LogP contribution is 2.28. The molecule has 0 aliphatic carbocycles. The largest absolute Gasteiger partial charge is 0.504 e. The van der Waals surface area contributed by atoms with Crippen LogP contribution >= 0.6 is 12.2 Å². The molecule has 1 saturated heterocycles. The molecule has 0 bridgehead atoms. The third kappa shape index (κ3) is 4.05. The highest BCUT2D eigenvalue weighted by molar-refractivity contribution is 7.80. The number of carbonyl (C=O) groups excluding carboxylic acids is 1.